The van der Waals surface area contributed by atoms with E-state index in [1.165, 1.54) is 27.9 Å². The van der Waals surface area contributed by atoms with Crippen LogP contribution in [0.1, 0.15) is 29.8 Å². The molecule has 1 aliphatic carbocycles. The van der Waals surface area contributed by atoms with Gasteiger partial charge >= 0.3 is 5.97 Å². The van der Waals surface area contributed by atoms with E-state index in [9.17, 15) is 19.1 Å². The molecule has 1 aromatic carbocycles. The molecule has 130 valence electrons. The number of carboxylic acid groups (broad SMARTS) is 1. The van der Waals surface area contributed by atoms with Crippen molar-refractivity contribution in [1.82, 2.24) is 14.7 Å². The number of carbonyl (C=O) groups is 2. The van der Waals surface area contributed by atoms with Crippen LogP contribution in [0.15, 0.2) is 36.5 Å². The smallest absolute Gasteiger partial charge is 0.326 e. The fraction of sp³-hybridized carbons (Fsp3) is 0.389. The predicted octanol–water partition coefficient (Wildman–Crippen LogP) is 2.34. The first kappa shape index (κ1) is 15.8. The molecule has 3 atom stereocenters. The molecule has 0 spiro atoms. The van der Waals surface area contributed by atoms with E-state index in [2.05, 4.69) is 5.10 Å². The molecule has 25 heavy (non-hydrogen) atoms. The summed E-state index contributed by atoms with van der Waals surface area (Å²) in [6, 6.07) is 6.86. The van der Waals surface area contributed by atoms with Crippen LogP contribution >= 0.6 is 0 Å². The first-order valence-corrected chi connectivity index (χ1v) is 8.40. The number of benzene rings is 1. The summed E-state index contributed by atoms with van der Waals surface area (Å²) < 4.78 is 15.2. The van der Waals surface area contributed by atoms with E-state index in [1.807, 2.05) is 0 Å². The number of aliphatic carboxylic acids is 1. The number of halogens is 1. The Bertz CT molecular complexity index is 834. The van der Waals surface area contributed by atoms with Gasteiger partial charge in [-0.25, -0.2) is 13.9 Å². The molecule has 1 amide bonds. The Labute approximate surface area is 143 Å². The van der Waals surface area contributed by atoms with Crippen LogP contribution in [0, 0.1) is 17.7 Å². The van der Waals surface area contributed by atoms with Crippen molar-refractivity contribution in [3.8, 4) is 5.69 Å². The van der Waals surface area contributed by atoms with Gasteiger partial charge in [-0.3, -0.25) is 4.79 Å². The molecule has 1 N–H and O–H groups in total. The van der Waals surface area contributed by atoms with Crippen LogP contribution in [-0.4, -0.2) is 44.3 Å². The maximum absolute atomic E-state index is 13.9. The zero-order chi connectivity index (χ0) is 17.6. The number of carboxylic acids is 1. The fourth-order valence-corrected chi connectivity index (χ4v) is 4.19. The molecule has 2 aliphatic rings. The van der Waals surface area contributed by atoms with E-state index in [1.54, 1.807) is 18.2 Å². The Kier molecular flexibility index (Phi) is 3.78. The summed E-state index contributed by atoms with van der Waals surface area (Å²) >= 11 is 0. The topological polar surface area (TPSA) is 75.4 Å². The van der Waals surface area contributed by atoms with Gasteiger partial charge in [0.05, 0.1) is 0 Å². The van der Waals surface area contributed by atoms with Gasteiger partial charge in [-0.15, -0.1) is 0 Å². The average Bonchev–Trinajstić information content (AvgIpc) is 3.29. The van der Waals surface area contributed by atoms with Crippen molar-refractivity contribution in [3.05, 3.63) is 48.0 Å². The van der Waals surface area contributed by atoms with Crippen LogP contribution in [-0.2, 0) is 4.79 Å². The molecule has 2 aromatic rings. The van der Waals surface area contributed by atoms with Crippen molar-refractivity contribution in [2.75, 3.05) is 6.54 Å². The lowest BCUT2D eigenvalue weighted by Crippen LogP contribution is -2.43. The first-order chi connectivity index (χ1) is 12.1. The average molecular weight is 343 g/mol. The predicted molar refractivity (Wildman–Crippen MR) is 86.8 cm³/mol. The van der Waals surface area contributed by atoms with Gasteiger partial charge in [0, 0.05) is 12.7 Å². The van der Waals surface area contributed by atoms with Gasteiger partial charge in [0.25, 0.3) is 5.91 Å². The molecule has 0 bridgehead atoms. The molecule has 1 saturated heterocycles. The van der Waals surface area contributed by atoms with Gasteiger partial charge < -0.3 is 10.0 Å². The molecule has 0 radical (unpaired) electrons. The second kappa shape index (κ2) is 5.98. The monoisotopic (exact) mass is 343 g/mol. The van der Waals surface area contributed by atoms with E-state index in [0.29, 0.717) is 6.54 Å². The van der Waals surface area contributed by atoms with Gasteiger partial charge in [-0.1, -0.05) is 18.6 Å². The Morgan fingerprint density at radius 1 is 1.20 bits per heavy atom. The van der Waals surface area contributed by atoms with Gasteiger partial charge in [-0.2, -0.15) is 5.10 Å². The highest BCUT2D eigenvalue weighted by Crippen LogP contribution is 2.42. The van der Waals surface area contributed by atoms with Crippen molar-refractivity contribution < 1.29 is 19.1 Å². The number of fused-ring (bicyclic) bond motifs is 1. The molecule has 1 aromatic heterocycles. The summed E-state index contributed by atoms with van der Waals surface area (Å²) in [7, 11) is 0. The number of rotatable bonds is 3. The largest absolute Gasteiger partial charge is 0.480 e. The number of para-hydroxylation sites is 1. The number of aromatic nitrogens is 2. The fourth-order valence-electron chi connectivity index (χ4n) is 4.19. The third-order valence-corrected chi connectivity index (χ3v) is 5.31. The molecule has 2 heterocycles. The minimum Gasteiger partial charge on any atom is -0.480 e. The van der Waals surface area contributed by atoms with Gasteiger partial charge in [0.2, 0.25) is 0 Å². The number of likely N-dealkylation sites (tertiary alicyclic amines) is 1. The van der Waals surface area contributed by atoms with Crippen molar-refractivity contribution in [2.24, 2.45) is 11.8 Å². The Balaban J connectivity index is 1.61. The summed E-state index contributed by atoms with van der Waals surface area (Å²) in [4.78, 5) is 25.9. The van der Waals surface area contributed by atoms with Crippen molar-refractivity contribution >= 4 is 11.9 Å². The molecular weight excluding hydrogens is 325 g/mol. The summed E-state index contributed by atoms with van der Waals surface area (Å²) in [5, 5.41) is 13.7. The zero-order valence-electron chi connectivity index (χ0n) is 13.5. The minimum absolute atomic E-state index is 0.0232. The number of hydrogen-bond acceptors (Lipinski definition) is 3. The van der Waals surface area contributed by atoms with Gasteiger partial charge in [0.1, 0.15) is 17.5 Å². The third kappa shape index (κ3) is 2.59. The van der Waals surface area contributed by atoms with E-state index >= 15 is 0 Å². The Morgan fingerprint density at radius 3 is 2.76 bits per heavy atom. The molecule has 6 nitrogen and oxygen atoms in total. The minimum atomic E-state index is -0.962. The molecule has 3 unspecified atom stereocenters. The molecular formula is C18H18FN3O3. The van der Waals surface area contributed by atoms with Crippen LogP contribution in [0.3, 0.4) is 0 Å². The SMILES string of the molecule is O=C(O)C1C2CCCC2CN1C(=O)c1ccn(-c2ccccc2F)n1. The van der Waals surface area contributed by atoms with E-state index in [-0.39, 0.29) is 23.2 Å². The Morgan fingerprint density at radius 2 is 2.00 bits per heavy atom. The van der Waals surface area contributed by atoms with Crippen LogP contribution in [0.2, 0.25) is 0 Å². The second-order valence-electron chi connectivity index (χ2n) is 6.69. The van der Waals surface area contributed by atoms with Crippen LogP contribution in [0.5, 0.6) is 0 Å². The zero-order valence-corrected chi connectivity index (χ0v) is 13.5. The summed E-state index contributed by atoms with van der Waals surface area (Å²) in [6.45, 7) is 0.451. The molecule has 7 heteroatoms. The van der Waals surface area contributed by atoms with Crippen molar-refractivity contribution in [3.63, 3.8) is 0 Å². The van der Waals surface area contributed by atoms with Gasteiger partial charge in [0.15, 0.2) is 5.69 Å². The first-order valence-electron chi connectivity index (χ1n) is 8.40. The van der Waals surface area contributed by atoms with E-state index in [4.69, 9.17) is 0 Å². The lowest BCUT2D eigenvalue weighted by Gasteiger charge is -2.23. The van der Waals surface area contributed by atoms with Crippen LogP contribution < -0.4 is 0 Å². The highest BCUT2D eigenvalue weighted by atomic mass is 19.1. The number of nitrogens with zero attached hydrogens (tertiary/aromatic N) is 3. The molecule has 1 saturated carbocycles. The van der Waals surface area contributed by atoms with Gasteiger partial charge in [-0.05, 0) is 42.9 Å². The molecule has 4 rings (SSSR count). The Hall–Kier alpha value is -2.70. The molecule has 1 aliphatic heterocycles. The van der Waals surface area contributed by atoms with Crippen LogP contribution in [0.25, 0.3) is 5.69 Å². The highest BCUT2D eigenvalue weighted by Gasteiger charge is 2.49. The third-order valence-electron chi connectivity index (χ3n) is 5.31. The van der Waals surface area contributed by atoms with Crippen molar-refractivity contribution in [1.29, 1.82) is 0 Å². The number of carbonyl (C=O) groups excluding carboxylic acids is 1. The lowest BCUT2D eigenvalue weighted by molar-refractivity contribution is -0.142. The maximum Gasteiger partial charge on any atom is 0.326 e. The van der Waals surface area contributed by atoms with Crippen molar-refractivity contribution in [2.45, 2.75) is 25.3 Å². The maximum atomic E-state index is 13.9. The number of hydrogen-bond donors (Lipinski definition) is 1. The quantitative estimate of drug-likeness (QED) is 0.928. The highest BCUT2D eigenvalue weighted by molar-refractivity contribution is 5.95. The number of amides is 1. The lowest BCUT2D eigenvalue weighted by atomic mass is 9.94. The standard InChI is InChI=1S/C18H18FN3O3/c19-13-6-1-2-7-15(13)22-9-8-14(20-22)17(23)21-10-11-4-3-5-12(11)16(21)18(24)25/h1-2,6-9,11-12,16H,3-5,10H2,(H,24,25). The van der Waals surface area contributed by atoms with E-state index in [0.717, 1.165) is 19.3 Å². The summed E-state index contributed by atoms with van der Waals surface area (Å²) in [5.41, 5.74) is 0.379. The normalized spacial score (nSPS) is 25.2. The van der Waals surface area contributed by atoms with E-state index < -0.39 is 23.7 Å². The molecule has 2 fully saturated rings. The van der Waals surface area contributed by atoms with Crippen LogP contribution in [0.4, 0.5) is 4.39 Å². The summed E-state index contributed by atoms with van der Waals surface area (Å²) in [6.07, 6.45) is 4.33. The second-order valence-corrected chi connectivity index (χ2v) is 6.69. The summed E-state index contributed by atoms with van der Waals surface area (Å²) in [5.74, 6) is -1.54.